The minimum Gasteiger partial charge on any atom is -0.384 e. The second kappa shape index (κ2) is 6.10. The fourth-order valence-corrected chi connectivity index (χ4v) is 2.40. The van der Waals surface area contributed by atoms with Crippen molar-refractivity contribution in [1.29, 1.82) is 0 Å². The second-order valence-corrected chi connectivity index (χ2v) is 4.79. The lowest BCUT2D eigenvalue weighted by Gasteiger charge is -2.31. The zero-order valence-corrected chi connectivity index (χ0v) is 10.9. The molecule has 1 amide bonds. The van der Waals surface area contributed by atoms with E-state index >= 15 is 0 Å². The first-order valence-electron chi connectivity index (χ1n) is 6.35. The number of likely N-dealkylation sites (tertiary alicyclic amines) is 1. The van der Waals surface area contributed by atoms with E-state index in [-0.39, 0.29) is 0 Å². The third kappa shape index (κ3) is 3.10. The van der Waals surface area contributed by atoms with Gasteiger partial charge in [0.15, 0.2) is 0 Å². The Morgan fingerprint density at radius 1 is 1.32 bits per heavy atom. The van der Waals surface area contributed by atoms with E-state index in [4.69, 9.17) is 4.74 Å². The molecule has 0 N–H and O–H groups in total. The highest BCUT2D eigenvalue weighted by Crippen LogP contribution is 2.21. The zero-order chi connectivity index (χ0) is 13.8. The highest BCUT2D eigenvalue weighted by molar-refractivity contribution is 5.94. The fraction of sp³-hybridized carbons (Fsp3) is 0.500. The molecular formula is C14H17F2NO2. The van der Waals surface area contributed by atoms with E-state index in [1.807, 2.05) is 0 Å². The number of nitrogens with zero attached hydrogens (tertiary/aromatic N) is 1. The summed E-state index contributed by atoms with van der Waals surface area (Å²) >= 11 is 0. The predicted molar refractivity (Wildman–Crippen MR) is 66.9 cm³/mol. The molecule has 0 aromatic heterocycles. The molecule has 1 aromatic carbocycles. The highest BCUT2D eigenvalue weighted by Gasteiger charge is 2.27. The standard InChI is InChI=1S/C14H17F2NO2/c1-19-9-10-5-7-17(8-6-10)14(18)13-11(15)3-2-4-12(13)16/h2-4,10H,5-9H2,1H3. The van der Waals surface area contributed by atoms with E-state index in [0.29, 0.717) is 25.6 Å². The average molecular weight is 269 g/mol. The van der Waals surface area contributed by atoms with Crippen LogP contribution in [0.5, 0.6) is 0 Å². The minimum absolute atomic E-state index is 0.416. The molecule has 5 heteroatoms. The Labute approximate surface area is 111 Å². The highest BCUT2D eigenvalue weighted by atomic mass is 19.1. The Hall–Kier alpha value is -1.49. The van der Waals surface area contributed by atoms with E-state index in [1.54, 1.807) is 7.11 Å². The molecule has 19 heavy (non-hydrogen) atoms. The smallest absolute Gasteiger partial charge is 0.259 e. The molecule has 0 radical (unpaired) electrons. The lowest BCUT2D eigenvalue weighted by molar-refractivity contribution is 0.0605. The normalized spacial score (nSPS) is 16.7. The molecule has 104 valence electrons. The van der Waals surface area contributed by atoms with Crippen LogP contribution in [0.25, 0.3) is 0 Å². The maximum atomic E-state index is 13.5. The van der Waals surface area contributed by atoms with Crippen LogP contribution in [0.2, 0.25) is 0 Å². The van der Waals surface area contributed by atoms with Crippen molar-refractivity contribution in [3.63, 3.8) is 0 Å². The van der Waals surface area contributed by atoms with Gasteiger partial charge in [-0.05, 0) is 30.9 Å². The molecule has 0 saturated carbocycles. The van der Waals surface area contributed by atoms with Gasteiger partial charge in [-0.15, -0.1) is 0 Å². The first-order valence-corrected chi connectivity index (χ1v) is 6.35. The summed E-state index contributed by atoms with van der Waals surface area (Å²) in [5.41, 5.74) is -0.451. The fourth-order valence-electron chi connectivity index (χ4n) is 2.40. The Morgan fingerprint density at radius 3 is 2.42 bits per heavy atom. The Bertz CT molecular complexity index is 437. The third-order valence-corrected chi connectivity index (χ3v) is 3.48. The van der Waals surface area contributed by atoms with Crippen LogP contribution in [0.15, 0.2) is 18.2 Å². The first kappa shape index (κ1) is 13.9. The van der Waals surface area contributed by atoms with Crippen molar-refractivity contribution in [3.8, 4) is 0 Å². The van der Waals surface area contributed by atoms with Gasteiger partial charge in [0.2, 0.25) is 0 Å². The Kier molecular flexibility index (Phi) is 4.47. The summed E-state index contributed by atoms with van der Waals surface area (Å²) in [7, 11) is 1.65. The van der Waals surface area contributed by atoms with E-state index in [0.717, 1.165) is 25.0 Å². The number of halogens is 2. The van der Waals surface area contributed by atoms with Crippen LogP contribution in [0, 0.1) is 17.6 Å². The zero-order valence-electron chi connectivity index (χ0n) is 10.9. The van der Waals surface area contributed by atoms with Crippen molar-refractivity contribution < 1.29 is 18.3 Å². The van der Waals surface area contributed by atoms with Gasteiger partial charge in [0.05, 0.1) is 0 Å². The van der Waals surface area contributed by atoms with Gasteiger partial charge in [0.1, 0.15) is 17.2 Å². The molecule has 1 saturated heterocycles. The molecule has 1 aliphatic heterocycles. The molecule has 0 spiro atoms. The predicted octanol–water partition coefficient (Wildman–Crippen LogP) is 2.46. The van der Waals surface area contributed by atoms with Crippen LogP contribution in [-0.4, -0.2) is 37.6 Å². The number of amides is 1. The van der Waals surface area contributed by atoms with Crippen LogP contribution in [0.4, 0.5) is 8.78 Å². The molecule has 0 unspecified atom stereocenters. The van der Waals surface area contributed by atoms with Crippen LogP contribution in [0.1, 0.15) is 23.2 Å². The minimum atomic E-state index is -0.802. The SMILES string of the molecule is COCC1CCN(C(=O)c2c(F)cccc2F)CC1. The molecule has 1 aliphatic rings. The largest absolute Gasteiger partial charge is 0.384 e. The Balaban J connectivity index is 2.05. The molecule has 0 bridgehead atoms. The van der Waals surface area contributed by atoms with E-state index < -0.39 is 23.1 Å². The quantitative estimate of drug-likeness (QED) is 0.843. The molecule has 1 heterocycles. The van der Waals surface area contributed by atoms with Gasteiger partial charge >= 0.3 is 0 Å². The van der Waals surface area contributed by atoms with Gasteiger partial charge in [-0.3, -0.25) is 4.79 Å². The van der Waals surface area contributed by atoms with Crippen molar-refractivity contribution in [2.75, 3.05) is 26.8 Å². The summed E-state index contributed by atoms with van der Waals surface area (Å²) in [4.78, 5) is 13.6. The van der Waals surface area contributed by atoms with E-state index in [1.165, 1.54) is 11.0 Å². The number of methoxy groups -OCH3 is 1. The van der Waals surface area contributed by atoms with Gasteiger partial charge in [0.25, 0.3) is 5.91 Å². The third-order valence-electron chi connectivity index (χ3n) is 3.48. The number of carbonyl (C=O) groups is 1. The molecular weight excluding hydrogens is 252 g/mol. The number of hydrogen-bond donors (Lipinski definition) is 0. The molecule has 3 nitrogen and oxygen atoms in total. The van der Waals surface area contributed by atoms with Crippen LogP contribution in [-0.2, 0) is 4.74 Å². The summed E-state index contributed by atoms with van der Waals surface area (Å²) < 4.78 is 32.2. The van der Waals surface area contributed by atoms with Gasteiger partial charge in [-0.1, -0.05) is 6.07 Å². The molecule has 2 rings (SSSR count). The molecule has 1 aromatic rings. The number of hydrogen-bond acceptors (Lipinski definition) is 2. The first-order chi connectivity index (χ1) is 9.13. The number of carbonyl (C=O) groups excluding carboxylic acids is 1. The lowest BCUT2D eigenvalue weighted by Crippen LogP contribution is -2.40. The molecule has 0 aliphatic carbocycles. The number of piperidine rings is 1. The lowest BCUT2D eigenvalue weighted by atomic mass is 9.97. The maximum Gasteiger partial charge on any atom is 0.259 e. The average Bonchev–Trinajstić information content (AvgIpc) is 2.39. The maximum absolute atomic E-state index is 13.5. The summed E-state index contributed by atoms with van der Waals surface area (Å²) in [5, 5.41) is 0. The number of benzene rings is 1. The number of ether oxygens (including phenoxy) is 1. The monoisotopic (exact) mass is 269 g/mol. The number of rotatable bonds is 3. The van der Waals surface area contributed by atoms with Crippen molar-refractivity contribution >= 4 is 5.91 Å². The summed E-state index contributed by atoms with van der Waals surface area (Å²) in [6.45, 7) is 1.69. The Morgan fingerprint density at radius 2 is 1.89 bits per heavy atom. The summed E-state index contributed by atoms with van der Waals surface area (Å²) in [5.74, 6) is -1.75. The summed E-state index contributed by atoms with van der Waals surface area (Å²) in [6.07, 6.45) is 1.60. The van der Waals surface area contributed by atoms with E-state index in [9.17, 15) is 13.6 Å². The summed E-state index contributed by atoms with van der Waals surface area (Å²) in [6, 6.07) is 3.47. The van der Waals surface area contributed by atoms with Gasteiger partial charge in [0, 0.05) is 26.8 Å². The van der Waals surface area contributed by atoms with Crippen molar-refractivity contribution in [2.24, 2.45) is 5.92 Å². The van der Waals surface area contributed by atoms with E-state index in [2.05, 4.69) is 0 Å². The van der Waals surface area contributed by atoms with Gasteiger partial charge in [-0.2, -0.15) is 0 Å². The van der Waals surface area contributed by atoms with Crippen LogP contribution < -0.4 is 0 Å². The topological polar surface area (TPSA) is 29.5 Å². The van der Waals surface area contributed by atoms with Crippen LogP contribution >= 0.6 is 0 Å². The van der Waals surface area contributed by atoms with Crippen molar-refractivity contribution in [1.82, 2.24) is 4.90 Å². The molecule has 0 atom stereocenters. The second-order valence-electron chi connectivity index (χ2n) is 4.79. The van der Waals surface area contributed by atoms with Gasteiger partial charge in [-0.25, -0.2) is 8.78 Å². The molecule has 1 fully saturated rings. The van der Waals surface area contributed by atoms with Crippen LogP contribution in [0.3, 0.4) is 0 Å². The van der Waals surface area contributed by atoms with Crippen molar-refractivity contribution in [2.45, 2.75) is 12.8 Å². The van der Waals surface area contributed by atoms with Gasteiger partial charge < -0.3 is 9.64 Å². The van der Waals surface area contributed by atoms with Crippen molar-refractivity contribution in [3.05, 3.63) is 35.4 Å².